The molecule has 0 aliphatic heterocycles. The predicted octanol–water partition coefficient (Wildman–Crippen LogP) is 4.66. The van der Waals surface area contributed by atoms with Crippen LogP contribution in [0, 0.1) is 6.92 Å². The fourth-order valence-corrected chi connectivity index (χ4v) is 4.56. The lowest BCUT2D eigenvalue weighted by molar-refractivity contribution is 0.0786. The zero-order valence-electron chi connectivity index (χ0n) is 20.1. The molecule has 0 aromatic carbocycles. The average Bonchev–Trinajstić information content (AvgIpc) is 3.43. The van der Waals surface area contributed by atoms with E-state index in [4.69, 9.17) is 4.74 Å². The highest BCUT2D eigenvalue weighted by Gasteiger charge is 2.14. The summed E-state index contributed by atoms with van der Waals surface area (Å²) in [4.78, 5) is 4.68. The molecule has 0 N–H and O–H groups in total. The summed E-state index contributed by atoms with van der Waals surface area (Å²) in [5, 5.41) is 17.5. The molecule has 5 rings (SSSR count). The van der Waals surface area contributed by atoms with E-state index in [1.807, 2.05) is 54.5 Å². The third-order valence-electron chi connectivity index (χ3n) is 5.77. The maximum Gasteiger partial charge on any atom is 0.178 e. The molecule has 174 valence electrons. The van der Waals surface area contributed by atoms with Crippen molar-refractivity contribution in [2.75, 3.05) is 6.61 Å². The van der Waals surface area contributed by atoms with Crippen LogP contribution < -0.4 is 0 Å². The van der Waals surface area contributed by atoms with Crippen molar-refractivity contribution in [3.05, 3.63) is 71.2 Å². The van der Waals surface area contributed by atoms with Gasteiger partial charge in [0.25, 0.3) is 0 Å². The number of aryl methyl sites for hydroxylation is 1. The van der Waals surface area contributed by atoms with Crippen LogP contribution in [0.15, 0.2) is 48.4 Å². The Kier molecular flexibility index (Phi) is 5.97. The molecule has 0 unspecified atom stereocenters. The van der Waals surface area contributed by atoms with Crippen molar-refractivity contribution in [3.63, 3.8) is 0 Å². The molecule has 0 amide bonds. The van der Waals surface area contributed by atoms with Gasteiger partial charge in [0.2, 0.25) is 0 Å². The number of fused-ring (bicyclic) bond motifs is 2. The van der Waals surface area contributed by atoms with E-state index in [-0.39, 0.29) is 0 Å². The topological polar surface area (TPSA) is 83.0 Å². The van der Waals surface area contributed by atoms with Gasteiger partial charge in [-0.2, -0.15) is 14.7 Å². The molecule has 0 atom stereocenters. The highest BCUT2D eigenvalue weighted by Crippen LogP contribution is 2.27. The van der Waals surface area contributed by atoms with Gasteiger partial charge in [0.15, 0.2) is 11.5 Å². The molecule has 0 saturated heterocycles. The molecule has 4 aromatic heterocycles. The summed E-state index contributed by atoms with van der Waals surface area (Å²) in [5.74, 6) is 0.723. The van der Waals surface area contributed by atoms with Crippen LogP contribution in [0.5, 0.6) is 0 Å². The zero-order chi connectivity index (χ0) is 23.7. The van der Waals surface area contributed by atoms with Crippen molar-refractivity contribution in [1.82, 2.24) is 34.6 Å². The summed E-state index contributed by atoms with van der Waals surface area (Å²) in [6.07, 6.45) is 12.7. The van der Waals surface area contributed by atoms with Gasteiger partial charge in [-0.05, 0) is 60.9 Å². The Hall–Kier alpha value is -3.43. The van der Waals surface area contributed by atoms with Crippen LogP contribution >= 0.6 is 0 Å². The Bertz CT molecular complexity index is 1390. The van der Waals surface area contributed by atoms with Gasteiger partial charge < -0.3 is 4.74 Å². The van der Waals surface area contributed by atoms with E-state index in [0.717, 1.165) is 58.6 Å². The molecule has 0 spiro atoms. The Morgan fingerprint density at radius 3 is 2.82 bits per heavy atom. The highest BCUT2D eigenvalue weighted by molar-refractivity contribution is 6.76. The van der Waals surface area contributed by atoms with Crippen LogP contribution in [0.2, 0.25) is 25.7 Å². The van der Waals surface area contributed by atoms with Gasteiger partial charge in [0.1, 0.15) is 6.73 Å². The maximum absolute atomic E-state index is 5.82. The third-order valence-corrected chi connectivity index (χ3v) is 7.48. The second-order valence-electron chi connectivity index (χ2n) is 9.92. The van der Waals surface area contributed by atoms with Gasteiger partial charge in [-0.15, -0.1) is 10.2 Å². The van der Waals surface area contributed by atoms with Crippen LogP contribution in [0.3, 0.4) is 0 Å². The Labute approximate surface area is 200 Å². The van der Waals surface area contributed by atoms with Crippen LogP contribution in [0.1, 0.15) is 22.8 Å². The fourth-order valence-electron chi connectivity index (χ4n) is 3.81. The lowest BCUT2D eigenvalue weighted by Gasteiger charge is -2.15. The van der Waals surface area contributed by atoms with Crippen LogP contribution in [-0.4, -0.2) is 49.3 Å². The van der Waals surface area contributed by atoms with Crippen LogP contribution in [-0.2, 0) is 17.9 Å². The van der Waals surface area contributed by atoms with Gasteiger partial charge >= 0.3 is 0 Å². The minimum Gasteiger partial charge on any atom is -0.360 e. The summed E-state index contributed by atoms with van der Waals surface area (Å²) < 4.78 is 9.44. The molecule has 4 heterocycles. The van der Waals surface area contributed by atoms with Crippen LogP contribution in [0.25, 0.3) is 28.9 Å². The Morgan fingerprint density at radius 2 is 1.97 bits per heavy atom. The molecule has 8 nitrogen and oxygen atoms in total. The van der Waals surface area contributed by atoms with E-state index in [1.165, 1.54) is 5.56 Å². The first-order valence-corrected chi connectivity index (χ1v) is 15.2. The number of hydrogen-bond donors (Lipinski definition) is 0. The standard InChI is InChI=1S/C25H29N7OSi/c1-18-5-8-24-28-29-25(32(24)30-18)12-19-6-7-23-20(11-19)13-21(14-26-23)22-15-27-31(16-22)17-33-9-10-34(2,3)4/h5-8,12-16H,9-11,17H2,1-4H3. The molecule has 1 aliphatic rings. The third kappa shape index (κ3) is 5.05. The normalized spacial score (nSPS) is 14.8. The first-order chi connectivity index (χ1) is 16.3. The van der Waals surface area contributed by atoms with E-state index in [1.54, 1.807) is 4.52 Å². The minimum atomic E-state index is -1.09. The summed E-state index contributed by atoms with van der Waals surface area (Å²) >= 11 is 0. The van der Waals surface area contributed by atoms with Crippen molar-refractivity contribution in [1.29, 1.82) is 0 Å². The second-order valence-corrected chi connectivity index (χ2v) is 15.5. The lowest BCUT2D eigenvalue weighted by Crippen LogP contribution is -2.22. The summed E-state index contributed by atoms with van der Waals surface area (Å²) in [6.45, 7) is 10.3. The molecule has 0 saturated carbocycles. The van der Waals surface area contributed by atoms with Crippen molar-refractivity contribution >= 4 is 25.9 Å². The zero-order valence-corrected chi connectivity index (χ0v) is 21.1. The number of aromatic nitrogens is 7. The molecule has 34 heavy (non-hydrogen) atoms. The Morgan fingerprint density at radius 1 is 1.09 bits per heavy atom. The van der Waals surface area contributed by atoms with Gasteiger partial charge in [-0.1, -0.05) is 25.7 Å². The fraction of sp³-hybridized carbons (Fsp3) is 0.320. The van der Waals surface area contributed by atoms with Gasteiger partial charge in [-0.25, -0.2) is 4.68 Å². The van der Waals surface area contributed by atoms with Gasteiger partial charge in [0, 0.05) is 38.2 Å². The SMILES string of the molecule is Cc1ccc2nnc(C=C3C=Cc4ncc(-c5cnn(COCC[Si](C)(C)C)c5)cc4C3)n2n1. The predicted molar refractivity (Wildman–Crippen MR) is 136 cm³/mol. The average molecular weight is 472 g/mol. The number of ether oxygens (including phenoxy) is 1. The summed E-state index contributed by atoms with van der Waals surface area (Å²) in [7, 11) is -1.09. The van der Waals surface area contributed by atoms with Gasteiger partial charge in [-0.3, -0.25) is 4.98 Å². The second kappa shape index (κ2) is 9.07. The van der Waals surface area contributed by atoms with E-state index in [9.17, 15) is 0 Å². The van der Waals surface area contributed by atoms with E-state index in [0.29, 0.717) is 6.73 Å². The smallest absolute Gasteiger partial charge is 0.178 e. The lowest BCUT2D eigenvalue weighted by atomic mass is 9.95. The molecule has 0 radical (unpaired) electrons. The number of nitrogens with zero attached hydrogens (tertiary/aromatic N) is 7. The molecule has 0 bridgehead atoms. The largest absolute Gasteiger partial charge is 0.360 e. The maximum atomic E-state index is 5.82. The molecule has 0 fully saturated rings. The number of hydrogen-bond acceptors (Lipinski definition) is 6. The number of allylic oxidation sites excluding steroid dienone is 2. The quantitative estimate of drug-likeness (QED) is 0.288. The number of rotatable bonds is 7. The van der Waals surface area contributed by atoms with Crippen molar-refractivity contribution < 1.29 is 4.74 Å². The highest BCUT2D eigenvalue weighted by atomic mass is 28.3. The van der Waals surface area contributed by atoms with Crippen molar-refractivity contribution in [3.8, 4) is 11.1 Å². The summed E-state index contributed by atoms with van der Waals surface area (Å²) in [6, 6.07) is 7.21. The van der Waals surface area contributed by atoms with E-state index >= 15 is 0 Å². The minimum absolute atomic E-state index is 0.471. The molecule has 4 aromatic rings. The first-order valence-electron chi connectivity index (χ1n) is 11.5. The van der Waals surface area contributed by atoms with Gasteiger partial charge in [0.05, 0.1) is 17.6 Å². The Balaban J connectivity index is 1.31. The molecular weight excluding hydrogens is 442 g/mol. The number of pyridine rings is 1. The summed E-state index contributed by atoms with van der Waals surface area (Å²) in [5.41, 5.74) is 7.04. The molecular formula is C25H29N7OSi. The molecule has 1 aliphatic carbocycles. The van der Waals surface area contributed by atoms with Crippen molar-refractivity contribution in [2.24, 2.45) is 0 Å². The van der Waals surface area contributed by atoms with Crippen LogP contribution in [0.4, 0.5) is 0 Å². The monoisotopic (exact) mass is 471 g/mol. The van der Waals surface area contributed by atoms with Crippen molar-refractivity contribution in [2.45, 2.75) is 45.8 Å². The van der Waals surface area contributed by atoms with E-state index < -0.39 is 8.07 Å². The van der Waals surface area contributed by atoms with E-state index in [2.05, 4.69) is 57.2 Å². The first kappa shape index (κ1) is 22.4. The molecule has 9 heteroatoms.